The summed E-state index contributed by atoms with van der Waals surface area (Å²) < 4.78 is 21.7. The lowest BCUT2D eigenvalue weighted by Gasteiger charge is -2.47. The summed E-state index contributed by atoms with van der Waals surface area (Å²) >= 11 is 0. The average molecular weight is 487 g/mol. The molecule has 0 aromatic rings. The number of hydrogen-bond donors (Lipinski definition) is 1. The fraction of sp³-hybridized carbons (Fsp3) is 0.885. The molecular weight excluding hydrogens is 436 g/mol. The zero-order valence-corrected chi connectivity index (χ0v) is 22.0. The minimum Gasteiger partial charge on any atom is -0.400 e. The second-order valence-corrected chi connectivity index (χ2v) is 8.23. The Morgan fingerprint density at radius 3 is 1.62 bits per heavy atom. The number of hydrogen-bond acceptors (Lipinski definition) is 8. The van der Waals surface area contributed by atoms with Crippen LogP contribution in [0.3, 0.4) is 0 Å². The normalized spacial score (nSPS) is 17.7. The van der Waals surface area contributed by atoms with Gasteiger partial charge in [0.15, 0.2) is 0 Å². The molecule has 8 nitrogen and oxygen atoms in total. The lowest BCUT2D eigenvalue weighted by molar-refractivity contribution is -0.108. The van der Waals surface area contributed by atoms with Crippen molar-refractivity contribution in [3.63, 3.8) is 0 Å². The Kier molecular flexibility index (Phi) is 22.9. The van der Waals surface area contributed by atoms with Crippen molar-refractivity contribution < 1.29 is 28.8 Å². The van der Waals surface area contributed by atoms with E-state index in [1.165, 1.54) is 38.8 Å². The van der Waals surface area contributed by atoms with Crippen LogP contribution in [0, 0.1) is 17.8 Å². The predicted molar refractivity (Wildman–Crippen MR) is 136 cm³/mol. The molecule has 8 heteroatoms. The number of likely N-dealkylation sites (tertiary alicyclic amines) is 2. The molecule has 2 rings (SSSR count). The second-order valence-electron chi connectivity index (χ2n) is 8.23. The summed E-state index contributed by atoms with van der Waals surface area (Å²) in [5, 5.41) is 7.00. The number of ether oxygens (including phenoxy) is 4. The molecule has 0 radical (unpaired) electrons. The number of piperidine rings is 2. The molecular formula is C26H50N2O6. The van der Waals surface area contributed by atoms with Crippen LogP contribution in [-0.4, -0.2) is 120 Å². The van der Waals surface area contributed by atoms with Gasteiger partial charge in [0.2, 0.25) is 0 Å². The second kappa shape index (κ2) is 23.7. The van der Waals surface area contributed by atoms with Crippen molar-refractivity contribution >= 4 is 6.29 Å². The Morgan fingerprint density at radius 1 is 0.765 bits per heavy atom. The summed E-state index contributed by atoms with van der Waals surface area (Å²) in [5.74, 6) is 2.41. The molecule has 0 aromatic carbocycles. The van der Waals surface area contributed by atoms with Crippen LogP contribution in [0.5, 0.6) is 0 Å². The third-order valence-corrected chi connectivity index (χ3v) is 6.25. The first kappa shape index (κ1) is 33.0. The maximum absolute atomic E-state index is 10.6. The molecule has 0 saturated carbocycles. The standard InChI is InChI=1S/C23H40N2O5.C2H6.CH4O/c1-2-15-27-17-19-29-21-22-30-20-18-28-16-13-25-11-6-23(7-12-25)4-9-24(10-5-23)8-3-14-26;2*1-2/h1,14H,3-13,15-22H2;1-2H3;2H,1H3. The Labute approximate surface area is 208 Å². The van der Waals surface area contributed by atoms with E-state index in [0.29, 0.717) is 58.1 Å². The van der Waals surface area contributed by atoms with Crippen molar-refractivity contribution in [3.8, 4) is 12.3 Å². The van der Waals surface area contributed by atoms with Crippen molar-refractivity contribution in [3.05, 3.63) is 0 Å². The molecule has 1 spiro atoms. The largest absolute Gasteiger partial charge is 0.400 e. The van der Waals surface area contributed by atoms with Crippen molar-refractivity contribution in [2.75, 3.05) is 99.2 Å². The van der Waals surface area contributed by atoms with Crippen molar-refractivity contribution in [1.29, 1.82) is 0 Å². The quantitative estimate of drug-likeness (QED) is 0.202. The summed E-state index contributed by atoms with van der Waals surface area (Å²) in [4.78, 5) is 15.5. The van der Waals surface area contributed by atoms with E-state index in [1.807, 2.05) is 13.8 Å². The minimum atomic E-state index is 0.331. The smallest absolute Gasteiger partial charge is 0.121 e. The van der Waals surface area contributed by atoms with E-state index in [0.717, 1.165) is 46.2 Å². The van der Waals surface area contributed by atoms with E-state index < -0.39 is 0 Å². The molecule has 2 heterocycles. The van der Waals surface area contributed by atoms with E-state index in [4.69, 9.17) is 30.5 Å². The van der Waals surface area contributed by atoms with Crippen LogP contribution in [0.15, 0.2) is 0 Å². The molecule has 2 aliphatic heterocycles. The number of aliphatic hydroxyl groups is 1. The van der Waals surface area contributed by atoms with Crippen molar-refractivity contribution in [2.24, 2.45) is 5.41 Å². The maximum atomic E-state index is 10.6. The highest BCUT2D eigenvalue weighted by Gasteiger charge is 2.37. The number of carbonyl (C=O) groups excluding carboxylic acids is 1. The fourth-order valence-electron chi connectivity index (χ4n) is 4.22. The molecule has 0 atom stereocenters. The van der Waals surface area contributed by atoms with E-state index in [-0.39, 0.29) is 0 Å². The third-order valence-electron chi connectivity index (χ3n) is 6.25. The molecule has 34 heavy (non-hydrogen) atoms. The Hall–Kier alpha value is -1.05. The van der Waals surface area contributed by atoms with Crippen molar-refractivity contribution in [2.45, 2.75) is 46.0 Å². The molecule has 200 valence electrons. The van der Waals surface area contributed by atoms with E-state index >= 15 is 0 Å². The highest BCUT2D eigenvalue weighted by atomic mass is 16.6. The first-order chi connectivity index (χ1) is 16.8. The number of rotatable bonds is 16. The topological polar surface area (TPSA) is 80.7 Å². The highest BCUT2D eigenvalue weighted by molar-refractivity contribution is 5.49. The van der Waals surface area contributed by atoms with E-state index in [9.17, 15) is 4.79 Å². The lowest BCUT2D eigenvalue weighted by Crippen LogP contribution is -2.47. The number of carbonyl (C=O) groups is 1. The summed E-state index contributed by atoms with van der Waals surface area (Å²) in [6.45, 7) is 15.1. The molecule has 2 saturated heterocycles. The SMILES string of the molecule is C#CCOCCOCCOCCOCCN1CCC2(CCN(CCC=O)CC2)CC1.CC.CO. The van der Waals surface area contributed by atoms with E-state index in [1.54, 1.807) is 0 Å². The van der Waals surface area contributed by atoms with Gasteiger partial charge in [-0.2, -0.15) is 0 Å². The Morgan fingerprint density at radius 2 is 1.18 bits per heavy atom. The first-order valence-corrected chi connectivity index (χ1v) is 12.9. The fourth-order valence-corrected chi connectivity index (χ4v) is 4.22. The first-order valence-electron chi connectivity index (χ1n) is 12.9. The van der Waals surface area contributed by atoms with Gasteiger partial charge in [-0.05, 0) is 57.3 Å². The molecule has 0 aliphatic carbocycles. The van der Waals surface area contributed by atoms with Crippen LogP contribution in [0.1, 0.15) is 46.0 Å². The van der Waals surface area contributed by atoms with Crippen LogP contribution >= 0.6 is 0 Å². The third kappa shape index (κ3) is 15.8. The van der Waals surface area contributed by atoms with Crippen LogP contribution in [-0.2, 0) is 23.7 Å². The highest BCUT2D eigenvalue weighted by Crippen LogP contribution is 2.41. The minimum absolute atomic E-state index is 0.331. The van der Waals surface area contributed by atoms with E-state index in [2.05, 4.69) is 15.7 Å². The molecule has 1 N–H and O–H groups in total. The monoisotopic (exact) mass is 486 g/mol. The van der Waals surface area contributed by atoms with Gasteiger partial charge in [0.25, 0.3) is 0 Å². The summed E-state index contributed by atoms with van der Waals surface area (Å²) in [7, 11) is 1.00. The summed E-state index contributed by atoms with van der Waals surface area (Å²) in [6, 6.07) is 0. The van der Waals surface area contributed by atoms with Crippen molar-refractivity contribution in [1.82, 2.24) is 9.80 Å². The number of aliphatic hydroxyl groups excluding tert-OH is 1. The van der Waals surface area contributed by atoms with Gasteiger partial charge in [-0.15, -0.1) is 6.42 Å². The summed E-state index contributed by atoms with van der Waals surface area (Å²) in [6.07, 6.45) is 12.0. The van der Waals surface area contributed by atoms with Crippen LogP contribution in [0.2, 0.25) is 0 Å². The molecule has 0 unspecified atom stereocenters. The predicted octanol–water partition coefficient (Wildman–Crippen LogP) is 2.09. The molecule has 2 fully saturated rings. The molecule has 0 amide bonds. The van der Waals surface area contributed by atoms with Gasteiger partial charge in [0.05, 0.1) is 46.2 Å². The zero-order valence-electron chi connectivity index (χ0n) is 22.0. The number of aldehydes is 1. The van der Waals surface area contributed by atoms with Gasteiger partial charge in [-0.1, -0.05) is 19.8 Å². The zero-order chi connectivity index (χ0) is 25.3. The van der Waals surface area contributed by atoms with Crippen LogP contribution in [0.25, 0.3) is 0 Å². The molecule has 2 aliphatic rings. The maximum Gasteiger partial charge on any atom is 0.121 e. The lowest BCUT2D eigenvalue weighted by atomic mass is 9.71. The average Bonchev–Trinajstić information content (AvgIpc) is 2.90. The van der Waals surface area contributed by atoms with Gasteiger partial charge < -0.3 is 38.6 Å². The van der Waals surface area contributed by atoms with Gasteiger partial charge in [-0.25, -0.2) is 0 Å². The Balaban J connectivity index is 0.00000258. The van der Waals surface area contributed by atoms with Crippen LogP contribution < -0.4 is 0 Å². The molecule has 0 bridgehead atoms. The number of nitrogens with zero attached hydrogens (tertiary/aromatic N) is 2. The van der Waals surface area contributed by atoms with Gasteiger partial charge in [0, 0.05) is 26.6 Å². The van der Waals surface area contributed by atoms with Gasteiger partial charge >= 0.3 is 0 Å². The number of terminal acetylenes is 1. The summed E-state index contributed by atoms with van der Waals surface area (Å²) in [5.41, 5.74) is 0.540. The van der Waals surface area contributed by atoms with Crippen LogP contribution in [0.4, 0.5) is 0 Å². The van der Waals surface area contributed by atoms with Gasteiger partial charge in [-0.3, -0.25) is 0 Å². The Bertz CT molecular complexity index is 482. The van der Waals surface area contributed by atoms with Gasteiger partial charge in [0.1, 0.15) is 12.9 Å². The molecule has 0 aromatic heterocycles.